The van der Waals surface area contributed by atoms with Crippen LogP contribution < -0.4 is 5.32 Å². The Morgan fingerprint density at radius 3 is 2.70 bits per heavy atom. The number of benzene rings is 2. The molecule has 0 radical (unpaired) electrons. The van der Waals surface area contributed by atoms with Crippen LogP contribution in [0, 0.1) is 13.8 Å². The SMILES string of the molecule is Cc1cccc(NC(=O)CN(CC2CCCO2)C(=O)c2ccc(Cn3cncn3)cc2)c1C. The van der Waals surface area contributed by atoms with Crippen LogP contribution in [-0.2, 0) is 16.1 Å². The van der Waals surface area contributed by atoms with Crippen LogP contribution in [0.25, 0.3) is 0 Å². The van der Waals surface area contributed by atoms with Crippen LogP contribution in [0.2, 0.25) is 0 Å². The number of nitrogens with one attached hydrogen (secondary N) is 1. The summed E-state index contributed by atoms with van der Waals surface area (Å²) in [6.45, 7) is 5.60. The van der Waals surface area contributed by atoms with E-state index in [-0.39, 0.29) is 24.5 Å². The molecule has 1 N–H and O–H groups in total. The van der Waals surface area contributed by atoms with Crippen molar-refractivity contribution < 1.29 is 14.3 Å². The molecule has 2 amide bonds. The van der Waals surface area contributed by atoms with Gasteiger partial charge in [-0.25, -0.2) is 9.67 Å². The summed E-state index contributed by atoms with van der Waals surface area (Å²) in [7, 11) is 0. The quantitative estimate of drug-likeness (QED) is 0.573. The fourth-order valence-electron chi connectivity index (χ4n) is 3.94. The summed E-state index contributed by atoms with van der Waals surface area (Å²) in [5.41, 5.74) is 4.43. The zero-order valence-electron chi connectivity index (χ0n) is 19.0. The molecule has 1 aliphatic heterocycles. The van der Waals surface area contributed by atoms with Crippen LogP contribution in [0.5, 0.6) is 0 Å². The van der Waals surface area contributed by atoms with Crippen molar-refractivity contribution >= 4 is 17.5 Å². The average molecular weight is 448 g/mol. The first-order chi connectivity index (χ1) is 16.0. The van der Waals surface area contributed by atoms with Gasteiger partial charge in [0.2, 0.25) is 5.91 Å². The highest BCUT2D eigenvalue weighted by atomic mass is 16.5. The Morgan fingerprint density at radius 1 is 1.18 bits per heavy atom. The van der Waals surface area contributed by atoms with Crippen molar-refractivity contribution in [2.45, 2.75) is 39.3 Å². The summed E-state index contributed by atoms with van der Waals surface area (Å²) >= 11 is 0. The smallest absolute Gasteiger partial charge is 0.254 e. The van der Waals surface area contributed by atoms with E-state index in [9.17, 15) is 9.59 Å². The first kappa shape index (κ1) is 22.7. The van der Waals surface area contributed by atoms with E-state index in [1.54, 1.807) is 28.0 Å². The van der Waals surface area contributed by atoms with Gasteiger partial charge in [-0.3, -0.25) is 9.59 Å². The summed E-state index contributed by atoms with van der Waals surface area (Å²) in [6, 6.07) is 13.2. The van der Waals surface area contributed by atoms with Crippen molar-refractivity contribution in [3.05, 3.63) is 77.4 Å². The fraction of sp³-hybridized carbons (Fsp3) is 0.360. The molecule has 172 valence electrons. The van der Waals surface area contributed by atoms with Gasteiger partial charge in [-0.05, 0) is 61.6 Å². The monoisotopic (exact) mass is 447 g/mol. The lowest BCUT2D eigenvalue weighted by atomic mass is 10.1. The van der Waals surface area contributed by atoms with E-state index in [0.717, 1.165) is 35.2 Å². The Morgan fingerprint density at radius 2 is 2.00 bits per heavy atom. The van der Waals surface area contributed by atoms with Crippen molar-refractivity contribution in [3.63, 3.8) is 0 Å². The number of carbonyl (C=O) groups excluding carboxylic acids is 2. The number of hydrogen-bond donors (Lipinski definition) is 1. The van der Waals surface area contributed by atoms with Gasteiger partial charge in [0.15, 0.2) is 0 Å². The van der Waals surface area contributed by atoms with Gasteiger partial charge < -0.3 is 15.0 Å². The molecule has 0 saturated carbocycles. The Hall–Kier alpha value is -3.52. The van der Waals surface area contributed by atoms with E-state index < -0.39 is 0 Å². The van der Waals surface area contributed by atoms with E-state index >= 15 is 0 Å². The number of ether oxygens (including phenoxy) is 1. The predicted octanol–water partition coefficient (Wildman–Crippen LogP) is 3.20. The molecule has 1 saturated heterocycles. The minimum absolute atomic E-state index is 0.0349. The number of nitrogens with zero attached hydrogens (tertiary/aromatic N) is 4. The molecule has 0 aliphatic carbocycles. The molecule has 1 fully saturated rings. The minimum Gasteiger partial charge on any atom is -0.376 e. The van der Waals surface area contributed by atoms with Crippen molar-refractivity contribution in [1.82, 2.24) is 19.7 Å². The Bertz CT molecular complexity index is 1090. The van der Waals surface area contributed by atoms with Gasteiger partial charge in [0.1, 0.15) is 19.2 Å². The van der Waals surface area contributed by atoms with Crippen LogP contribution in [0.15, 0.2) is 55.1 Å². The maximum absolute atomic E-state index is 13.3. The molecule has 33 heavy (non-hydrogen) atoms. The van der Waals surface area contributed by atoms with Gasteiger partial charge in [-0.15, -0.1) is 0 Å². The van der Waals surface area contributed by atoms with E-state index in [2.05, 4.69) is 15.4 Å². The highest BCUT2D eigenvalue weighted by molar-refractivity contribution is 5.99. The first-order valence-electron chi connectivity index (χ1n) is 11.2. The van der Waals surface area contributed by atoms with Crippen LogP contribution in [0.1, 0.15) is 39.9 Å². The van der Waals surface area contributed by atoms with E-state index in [1.165, 1.54) is 6.33 Å². The minimum atomic E-state index is -0.224. The standard InChI is InChI=1S/C25H29N5O3/c1-18-5-3-7-23(19(18)2)28-24(31)15-29(14-22-6-4-12-33-22)25(32)21-10-8-20(9-11-21)13-30-17-26-16-27-30/h3,5,7-11,16-17,22H,4,6,12-15H2,1-2H3,(H,28,31). The zero-order valence-corrected chi connectivity index (χ0v) is 19.0. The molecule has 1 aliphatic rings. The summed E-state index contributed by atoms with van der Waals surface area (Å²) in [4.78, 5) is 31.7. The van der Waals surface area contributed by atoms with Gasteiger partial charge in [0.05, 0.1) is 12.6 Å². The molecular weight excluding hydrogens is 418 g/mol. The molecule has 1 unspecified atom stereocenters. The third-order valence-electron chi connectivity index (χ3n) is 5.96. The molecule has 2 aromatic carbocycles. The molecule has 4 rings (SSSR count). The fourth-order valence-corrected chi connectivity index (χ4v) is 3.94. The van der Waals surface area contributed by atoms with Gasteiger partial charge >= 0.3 is 0 Å². The van der Waals surface area contributed by atoms with Crippen molar-refractivity contribution in [1.29, 1.82) is 0 Å². The zero-order chi connectivity index (χ0) is 23.2. The summed E-state index contributed by atoms with van der Waals surface area (Å²) in [5.74, 6) is -0.410. The number of aromatic nitrogens is 3. The lowest BCUT2D eigenvalue weighted by Gasteiger charge is -2.25. The molecule has 0 bridgehead atoms. The second-order valence-electron chi connectivity index (χ2n) is 8.41. The summed E-state index contributed by atoms with van der Waals surface area (Å²) in [6.07, 6.45) is 4.95. The molecule has 1 atom stereocenters. The van der Waals surface area contributed by atoms with Crippen LogP contribution in [0.4, 0.5) is 5.69 Å². The number of aryl methyl sites for hydroxylation is 1. The average Bonchev–Trinajstić information content (AvgIpc) is 3.51. The highest BCUT2D eigenvalue weighted by Crippen LogP contribution is 2.19. The lowest BCUT2D eigenvalue weighted by molar-refractivity contribution is -0.117. The van der Waals surface area contributed by atoms with E-state index in [1.807, 2.05) is 44.2 Å². The number of rotatable bonds is 8. The van der Waals surface area contributed by atoms with Crippen molar-refractivity contribution in [2.24, 2.45) is 0 Å². The van der Waals surface area contributed by atoms with Crippen molar-refractivity contribution in [3.8, 4) is 0 Å². The maximum Gasteiger partial charge on any atom is 0.254 e. The third-order valence-corrected chi connectivity index (χ3v) is 5.96. The predicted molar refractivity (Wildman–Crippen MR) is 125 cm³/mol. The van der Waals surface area contributed by atoms with Gasteiger partial charge in [-0.1, -0.05) is 24.3 Å². The molecule has 2 heterocycles. The number of hydrogen-bond acceptors (Lipinski definition) is 5. The second-order valence-corrected chi connectivity index (χ2v) is 8.41. The number of amides is 2. The molecule has 3 aromatic rings. The van der Waals surface area contributed by atoms with E-state index in [4.69, 9.17) is 4.74 Å². The topological polar surface area (TPSA) is 89.4 Å². The number of carbonyl (C=O) groups is 2. The van der Waals surface area contributed by atoms with Gasteiger partial charge in [0.25, 0.3) is 5.91 Å². The Balaban J connectivity index is 1.46. The van der Waals surface area contributed by atoms with Crippen LogP contribution >= 0.6 is 0 Å². The summed E-state index contributed by atoms with van der Waals surface area (Å²) in [5, 5.41) is 7.06. The molecule has 8 nitrogen and oxygen atoms in total. The van der Waals surface area contributed by atoms with Gasteiger partial charge in [0, 0.05) is 24.4 Å². The summed E-state index contributed by atoms with van der Waals surface area (Å²) < 4.78 is 7.46. The Kier molecular flexibility index (Phi) is 7.14. The van der Waals surface area contributed by atoms with E-state index in [0.29, 0.717) is 25.3 Å². The molecule has 0 spiro atoms. The lowest BCUT2D eigenvalue weighted by Crippen LogP contribution is -2.42. The molecule has 8 heteroatoms. The highest BCUT2D eigenvalue weighted by Gasteiger charge is 2.25. The van der Waals surface area contributed by atoms with Crippen LogP contribution in [0.3, 0.4) is 0 Å². The Labute approximate surface area is 193 Å². The largest absolute Gasteiger partial charge is 0.376 e. The first-order valence-corrected chi connectivity index (χ1v) is 11.2. The molecule has 1 aromatic heterocycles. The third kappa shape index (κ3) is 5.84. The van der Waals surface area contributed by atoms with Crippen LogP contribution in [-0.4, -0.2) is 57.3 Å². The molecular formula is C25H29N5O3. The van der Waals surface area contributed by atoms with Gasteiger partial charge in [-0.2, -0.15) is 5.10 Å². The van der Waals surface area contributed by atoms with Crippen molar-refractivity contribution in [2.75, 3.05) is 25.0 Å². The maximum atomic E-state index is 13.3. The second kappa shape index (κ2) is 10.4. The number of anilines is 1. The normalized spacial score (nSPS) is 15.4.